The van der Waals surface area contributed by atoms with Crippen LogP contribution >= 0.6 is 0 Å². The summed E-state index contributed by atoms with van der Waals surface area (Å²) in [5.74, 6) is -0.678. The van der Waals surface area contributed by atoms with Crippen LogP contribution in [0.5, 0.6) is 0 Å². The van der Waals surface area contributed by atoms with Crippen molar-refractivity contribution >= 4 is 5.97 Å². The molecule has 0 aromatic heterocycles. The van der Waals surface area contributed by atoms with E-state index in [0.717, 1.165) is 0 Å². The molecule has 0 amide bonds. The fourth-order valence-electron chi connectivity index (χ4n) is 2.05. The van der Waals surface area contributed by atoms with E-state index in [1.54, 1.807) is 20.8 Å². The first-order valence-corrected chi connectivity index (χ1v) is 6.10. The number of alkyl halides is 3. The van der Waals surface area contributed by atoms with Gasteiger partial charge in [0.1, 0.15) is 11.6 Å². The van der Waals surface area contributed by atoms with Gasteiger partial charge in [0.05, 0.1) is 0 Å². The Balaban J connectivity index is 2.46. The number of hydrogen-bond acceptors (Lipinski definition) is 3. The summed E-state index contributed by atoms with van der Waals surface area (Å²) in [6.45, 7) is 5.52. The van der Waals surface area contributed by atoms with Crippen molar-refractivity contribution in [2.75, 3.05) is 6.54 Å². The SMILES string of the molecule is CC(C)(C)OC(=O)C[C@@H]1CCN[C@H](C(F)(F)F)C1. The third-order valence-corrected chi connectivity index (χ3v) is 2.78. The van der Waals surface area contributed by atoms with Gasteiger partial charge in [-0.1, -0.05) is 0 Å². The Bertz CT molecular complexity index is 297. The molecule has 1 rings (SSSR count). The Labute approximate surface area is 105 Å². The maximum atomic E-state index is 12.5. The average Bonchev–Trinajstić information content (AvgIpc) is 2.13. The number of hydrogen-bond donors (Lipinski definition) is 1. The second kappa shape index (κ2) is 5.47. The minimum absolute atomic E-state index is 0.0528. The molecule has 1 heterocycles. The smallest absolute Gasteiger partial charge is 0.403 e. The predicted molar refractivity (Wildman–Crippen MR) is 61.0 cm³/mol. The van der Waals surface area contributed by atoms with Gasteiger partial charge >= 0.3 is 12.1 Å². The fourth-order valence-corrected chi connectivity index (χ4v) is 2.05. The van der Waals surface area contributed by atoms with Gasteiger partial charge < -0.3 is 10.1 Å². The summed E-state index contributed by atoms with van der Waals surface area (Å²) in [5, 5.41) is 2.43. The lowest BCUT2D eigenvalue weighted by molar-refractivity contribution is -0.168. The van der Waals surface area contributed by atoms with Crippen LogP contribution in [0.4, 0.5) is 13.2 Å². The zero-order valence-electron chi connectivity index (χ0n) is 10.9. The zero-order valence-corrected chi connectivity index (χ0v) is 10.9. The Kier molecular flexibility index (Phi) is 4.64. The molecule has 1 fully saturated rings. The van der Waals surface area contributed by atoms with Gasteiger partial charge in [-0.2, -0.15) is 13.2 Å². The molecule has 0 aromatic rings. The summed E-state index contributed by atoms with van der Waals surface area (Å²) < 4.78 is 42.8. The molecule has 106 valence electrons. The van der Waals surface area contributed by atoms with E-state index < -0.39 is 23.8 Å². The molecule has 3 nitrogen and oxygen atoms in total. The van der Waals surface area contributed by atoms with Gasteiger partial charge in [-0.15, -0.1) is 0 Å². The number of rotatable bonds is 2. The second-order valence-electron chi connectivity index (χ2n) is 5.73. The van der Waals surface area contributed by atoms with E-state index >= 15 is 0 Å². The number of ether oxygens (including phenoxy) is 1. The van der Waals surface area contributed by atoms with Crippen LogP contribution in [-0.2, 0) is 9.53 Å². The van der Waals surface area contributed by atoms with Crippen molar-refractivity contribution in [2.45, 2.75) is 57.9 Å². The normalized spacial score (nSPS) is 25.9. The van der Waals surface area contributed by atoms with E-state index in [-0.39, 0.29) is 25.3 Å². The predicted octanol–water partition coefficient (Wildman–Crippen LogP) is 2.65. The van der Waals surface area contributed by atoms with Gasteiger partial charge in [0, 0.05) is 6.42 Å². The van der Waals surface area contributed by atoms with E-state index in [2.05, 4.69) is 5.32 Å². The van der Waals surface area contributed by atoms with Crippen LogP contribution in [0.3, 0.4) is 0 Å². The summed E-state index contributed by atoms with van der Waals surface area (Å²) >= 11 is 0. The molecule has 0 aromatic carbocycles. The van der Waals surface area contributed by atoms with Crippen LogP contribution in [0.1, 0.15) is 40.0 Å². The van der Waals surface area contributed by atoms with Crippen LogP contribution in [-0.4, -0.2) is 30.3 Å². The minimum Gasteiger partial charge on any atom is -0.460 e. The fraction of sp³-hybridized carbons (Fsp3) is 0.917. The number of esters is 1. The Morgan fingerprint density at radius 1 is 1.33 bits per heavy atom. The Morgan fingerprint density at radius 3 is 2.44 bits per heavy atom. The van der Waals surface area contributed by atoms with Crippen molar-refractivity contribution in [3.05, 3.63) is 0 Å². The average molecular weight is 267 g/mol. The van der Waals surface area contributed by atoms with Crippen LogP contribution in [0, 0.1) is 5.92 Å². The minimum atomic E-state index is -4.24. The molecular formula is C12H20F3NO2. The summed E-state index contributed by atoms with van der Waals surface area (Å²) in [6, 6.07) is -1.50. The summed E-state index contributed by atoms with van der Waals surface area (Å²) in [6.07, 6.45) is -3.66. The number of nitrogens with one attached hydrogen (secondary N) is 1. The topological polar surface area (TPSA) is 38.3 Å². The quantitative estimate of drug-likeness (QED) is 0.782. The van der Waals surface area contributed by atoms with Crippen molar-refractivity contribution in [2.24, 2.45) is 5.92 Å². The van der Waals surface area contributed by atoms with Crippen LogP contribution in [0.15, 0.2) is 0 Å². The molecule has 1 N–H and O–H groups in total. The summed E-state index contributed by atoms with van der Waals surface area (Å²) in [5.41, 5.74) is -0.590. The van der Waals surface area contributed by atoms with Crippen molar-refractivity contribution in [1.29, 1.82) is 0 Å². The first-order valence-electron chi connectivity index (χ1n) is 6.10. The molecule has 2 atom stereocenters. The molecule has 1 aliphatic rings. The van der Waals surface area contributed by atoms with Crippen molar-refractivity contribution < 1.29 is 22.7 Å². The maximum absolute atomic E-state index is 12.5. The lowest BCUT2D eigenvalue weighted by Crippen LogP contribution is -2.48. The lowest BCUT2D eigenvalue weighted by atomic mass is 9.89. The van der Waals surface area contributed by atoms with E-state index in [4.69, 9.17) is 4.74 Å². The van der Waals surface area contributed by atoms with Gasteiger partial charge in [-0.05, 0) is 46.1 Å². The standard InChI is InChI=1S/C12H20F3NO2/c1-11(2,3)18-10(17)7-8-4-5-16-9(6-8)12(13,14)15/h8-9,16H,4-7H2,1-3H3/t8-,9+/m1/s1. The molecule has 18 heavy (non-hydrogen) atoms. The number of carbonyl (C=O) groups excluding carboxylic acids is 1. The highest BCUT2D eigenvalue weighted by atomic mass is 19.4. The molecule has 0 unspecified atom stereocenters. The van der Waals surface area contributed by atoms with Gasteiger partial charge in [-0.25, -0.2) is 0 Å². The molecule has 1 aliphatic heterocycles. The summed E-state index contributed by atoms with van der Waals surface area (Å²) in [7, 11) is 0. The molecule has 0 bridgehead atoms. The highest BCUT2D eigenvalue weighted by molar-refractivity contribution is 5.70. The molecule has 0 radical (unpaired) electrons. The third kappa shape index (κ3) is 5.25. The monoisotopic (exact) mass is 267 g/mol. The second-order valence-corrected chi connectivity index (χ2v) is 5.73. The van der Waals surface area contributed by atoms with Crippen LogP contribution < -0.4 is 5.32 Å². The third-order valence-electron chi connectivity index (χ3n) is 2.78. The Morgan fingerprint density at radius 2 is 1.94 bits per heavy atom. The molecule has 0 saturated carbocycles. The van der Waals surface area contributed by atoms with E-state index in [0.29, 0.717) is 6.42 Å². The first kappa shape index (κ1) is 15.3. The summed E-state index contributed by atoms with van der Waals surface area (Å²) in [4.78, 5) is 11.6. The van der Waals surface area contributed by atoms with E-state index in [1.165, 1.54) is 0 Å². The van der Waals surface area contributed by atoms with Crippen LogP contribution in [0.25, 0.3) is 0 Å². The molecular weight excluding hydrogens is 247 g/mol. The van der Waals surface area contributed by atoms with Gasteiger partial charge in [0.2, 0.25) is 0 Å². The number of halogens is 3. The van der Waals surface area contributed by atoms with E-state index in [9.17, 15) is 18.0 Å². The highest BCUT2D eigenvalue weighted by Gasteiger charge is 2.42. The largest absolute Gasteiger partial charge is 0.460 e. The van der Waals surface area contributed by atoms with Crippen molar-refractivity contribution in [1.82, 2.24) is 5.32 Å². The zero-order chi connectivity index (χ0) is 14.0. The number of piperidine rings is 1. The first-order chi connectivity index (χ1) is 8.08. The highest BCUT2D eigenvalue weighted by Crippen LogP contribution is 2.30. The molecule has 0 spiro atoms. The number of carbonyl (C=O) groups is 1. The lowest BCUT2D eigenvalue weighted by Gasteiger charge is -2.31. The van der Waals surface area contributed by atoms with Crippen molar-refractivity contribution in [3.63, 3.8) is 0 Å². The van der Waals surface area contributed by atoms with Gasteiger partial charge in [-0.3, -0.25) is 4.79 Å². The molecule has 0 aliphatic carbocycles. The Hall–Kier alpha value is -0.780. The van der Waals surface area contributed by atoms with Crippen molar-refractivity contribution in [3.8, 4) is 0 Å². The maximum Gasteiger partial charge on any atom is 0.403 e. The van der Waals surface area contributed by atoms with E-state index in [1.807, 2.05) is 0 Å². The molecule has 6 heteroatoms. The van der Waals surface area contributed by atoms with Crippen LogP contribution in [0.2, 0.25) is 0 Å². The molecule has 1 saturated heterocycles. The van der Waals surface area contributed by atoms with Gasteiger partial charge in [0.25, 0.3) is 0 Å². The van der Waals surface area contributed by atoms with Gasteiger partial charge in [0.15, 0.2) is 0 Å².